The lowest BCUT2D eigenvalue weighted by Crippen LogP contribution is -2.28. The first kappa shape index (κ1) is 36.1. The quantitative estimate of drug-likeness (QED) is 0.161. The summed E-state index contributed by atoms with van der Waals surface area (Å²) in [5, 5.41) is 2.55. The highest BCUT2D eigenvalue weighted by atomic mass is 32.1. The predicted molar refractivity (Wildman–Crippen MR) is 257 cm³/mol. The maximum atomic E-state index is 5.43. The van der Waals surface area contributed by atoms with Crippen LogP contribution in [0.2, 0.25) is 0 Å². The van der Waals surface area contributed by atoms with Crippen molar-refractivity contribution in [2.75, 3.05) is 0 Å². The zero-order chi connectivity index (χ0) is 41.0. The van der Waals surface area contributed by atoms with Crippen LogP contribution in [-0.2, 0) is 5.41 Å². The highest BCUT2D eigenvalue weighted by Crippen LogP contribution is 2.58. The highest BCUT2D eigenvalue weighted by Gasteiger charge is 2.47. The summed E-state index contributed by atoms with van der Waals surface area (Å²) in [7, 11) is 0. The third-order valence-electron chi connectivity index (χ3n) is 12.4. The molecule has 62 heavy (non-hydrogen) atoms. The second-order valence-electron chi connectivity index (χ2n) is 15.9. The molecule has 0 aliphatic heterocycles. The Bertz CT molecular complexity index is 3410. The molecule has 0 unspecified atom stereocenters. The van der Waals surface area contributed by atoms with Crippen LogP contribution in [0.25, 0.3) is 87.7 Å². The highest BCUT2D eigenvalue weighted by molar-refractivity contribution is 7.25. The molecule has 0 N–H and O–H groups in total. The monoisotopic (exact) mass is 807 g/mol. The van der Waals surface area contributed by atoms with Crippen molar-refractivity contribution in [1.29, 1.82) is 0 Å². The first-order valence-electron chi connectivity index (χ1n) is 21.0. The standard InChI is InChI=1S/C58H37N3S/c1-4-17-38(18-5-1)39-33-35-40(36-34-39)55-59-56(42-20-14-19-41(37-42)45-27-16-32-52-54(45)47-26-11-13-31-51(47)62-52)61-57(60-55)48-28-15-30-50-53(48)46-25-10-12-29-49(46)58(50,43-21-6-2-7-22-43)44-23-8-3-9-24-44/h1-37H. The Hall–Kier alpha value is -7.79. The number of aromatic nitrogens is 3. The van der Waals surface area contributed by atoms with Crippen LogP contribution in [0.3, 0.4) is 0 Å². The molecule has 0 bridgehead atoms. The maximum absolute atomic E-state index is 5.43. The van der Waals surface area contributed by atoms with Gasteiger partial charge < -0.3 is 0 Å². The van der Waals surface area contributed by atoms with E-state index in [1.165, 1.54) is 59.1 Å². The third-order valence-corrected chi connectivity index (χ3v) is 13.6. The SMILES string of the molecule is c1ccc(-c2ccc(-c3nc(-c4cccc(-c5cccc6sc7ccccc7c56)c4)nc(-c4cccc5c4-c4ccccc4C5(c4ccccc4)c4ccccc4)n3)cc2)cc1. The Morgan fingerprint density at radius 1 is 0.323 bits per heavy atom. The summed E-state index contributed by atoms with van der Waals surface area (Å²) in [5.74, 6) is 1.89. The summed E-state index contributed by atoms with van der Waals surface area (Å²) < 4.78 is 2.56. The van der Waals surface area contributed by atoms with Crippen LogP contribution in [0.1, 0.15) is 22.3 Å². The molecule has 0 spiro atoms. The van der Waals surface area contributed by atoms with Gasteiger partial charge in [-0.25, -0.2) is 15.0 Å². The molecule has 9 aromatic carbocycles. The molecule has 2 heterocycles. The number of benzene rings is 9. The molecule has 0 saturated carbocycles. The van der Waals surface area contributed by atoms with Crippen molar-refractivity contribution >= 4 is 31.5 Å². The lowest BCUT2D eigenvalue weighted by molar-refractivity contribution is 0.768. The van der Waals surface area contributed by atoms with Gasteiger partial charge in [0.05, 0.1) is 5.41 Å². The van der Waals surface area contributed by atoms with Gasteiger partial charge in [-0.05, 0) is 73.8 Å². The number of rotatable bonds is 7. The fourth-order valence-electron chi connectivity index (χ4n) is 9.72. The Morgan fingerprint density at radius 2 is 0.823 bits per heavy atom. The Labute approximate surface area is 364 Å². The molecule has 0 radical (unpaired) electrons. The van der Waals surface area contributed by atoms with Crippen LogP contribution in [0, 0.1) is 0 Å². The second kappa shape index (κ2) is 14.7. The summed E-state index contributed by atoms with van der Waals surface area (Å²) in [4.78, 5) is 16.1. The molecule has 2 aromatic heterocycles. The van der Waals surface area contributed by atoms with Gasteiger partial charge in [0.2, 0.25) is 0 Å². The van der Waals surface area contributed by atoms with Crippen LogP contribution in [0.4, 0.5) is 0 Å². The fourth-order valence-corrected chi connectivity index (χ4v) is 10.8. The number of thiophene rings is 1. The molecule has 12 rings (SSSR count). The molecular formula is C58H37N3S. The van der Waals surface area contributed by atoms with Gasteiger partial charge in [-0.2, -0.15) is 0 Å². The zero-order valence-corrected chi connectivity index (χ0v) is 34.4. The van der Waals surface area contributed by atoms with E-state index in [1.807, 2.05) is 17.4 Å². The smallest absolute Gasteiger partial charge is 0.164 e. The van der Waals surface area contributed by atoms with Gasteiger partial charge >= 0.3 is 0 Å². The number of nitrogens with zero attached hydrogens (tertiary/aromatic N) is 3. The maximum Gasteiger partial charge on any atom is 0.164 e. The first-order chi connectivity index (χ1) is 30.7. The number of hydrogen-bond donors (Lipinski definition) is 0. The van der Waals surface area contributed by atoms with Crippen LogP contribution in [0.5, 0.6) is 0 Å². The van der Waals surface area contributed by atoms with Crippen molar-refractivity contribution in [3.8, 4) is 67.5 Å². The normalized spacial score (nSPS) is 12.6. The van der Waals surface area contributed by atoms with Crippen molar-refractivity contribution in [1.82, 2.24) is 15.0 Å². The lowest BCUT2D eigenvalue weighted by Gasteiger charge is -2.33. The van der Waals surface area contributed by atoms with E-state index in [9.17, 15) is 0 Å². The van der Waals surface area contributed by atoms with Crippen molar-refractivity contribution in [2.45, 2.75) is 5.41 Å². The molecule has 1 aliphatic rings. The average Bonchev–Trinajstić information content (AvgIpc) is 3.89. The van der Waals surface area contributed by atoms with E-state index < -0.39 is 5.41 Å². The van der Waals surface area contributed by atoms with Gasteiger partial charge in [-0.1, -0.05) is 206 Å². The summed E-state index contributed by atoms with van der Waals surface area (Å²) in [6, 6.07) is 80.4. The lowest BCUT2D eigenvalue weighted by atomic mass is 9.67. The van der Waals surface area contributed by atoms with Crippen LogP contribution >= 0.6 is 11.3 Å². The summed E-state index contributed by atoms with van der Waals surface area (Å²) in [6.07, 6.45) is 0. The summed E-state index contributed by atoms with van der Waals surface area (Å²) in [5.41, 5.74) is 14.1. The van der Waals surface area contributed by atoms with Gasteiger partial charge in [-0.15, -0.1) is 11.3 Å². The van der Waals surface area contributed by atoms with E-state index in [1.54, 1.807) is 0 Å². The number of hydrogen-bond acceptors (Lipinski definition) is 4. The van der Waals surface area contributed by atoms with Gasteiger partial charge in [0.15, 0.2) is 17.5 Å². The predicted octanol–water partition coefficient (Wildman–Crippen LogP) is 14.9. The summed E-state index contributed by atoms with van der Waals surface area (Å²) >= 11 is 1.84. The van der Waals surface area contributed by atoms with Crippen molar-refractivity contribution in [3.63, 3.8) is 0 Å². The summed E-state index contributed by atoms with van der Waals surface area (Å²) in [6.45, 7) is 0. The van der Waals surface area contributed by atoms with Gasteiger partial charge in [0.25, 0.3) is 0 Å². The first-order valence-corrected chi connectivity index (χ1v) is 21.8. The van der Waals surface area contributed by atoms with E-state index >= 15 is 0 Å². The van der Waals surface area contributed by atoms with Crippen LogP contribution < -0.4 is 0 Å². The largest absolute Gasteiger partial charge is 0.208 e. The van der Waals surface area contributed by atoms with Crippen molar-refractivity contribution < 1.29 is 0 Å². The van der Waals surface area contributed by atoms with E-state index in [-0.39, 0.29) is 0 Å². The molecule has 1 aliphatic carbocycles. The molecule has 0 saturated heterocycles. The van der Waals surface area contributed by atoms with Crippen LogP contribution in [0.15, 0.2) is 224 Å². The van der Waals surface area contributed by atoms with Crippen molar-refractivity contribution in [3.05, 3.63) is 247 Å². The topological polar surface area (TPSA) is 38.7 Å². The van der Waals surface area contributed by atoms with Crippen molar-refractivity contribution in [2.24, 2.45) is 0 Å². The molecule has 0 amide bonds. The molecule has 4 heteroatoms. The molecule has 0 fully saturated rings. The molecule has 290 valence electrons. The average molecular weight is 808 g/mol. The van der Waals surface area contributed by atoms with Gasteiger partial charge in [-0.3, -0.25) is 0 Å². The minimum atomic E-state index is -0.544. The number of fused-ring (bicyclic) bond motifs is 6. The Balaban J connectivity index is 1.08. The van der Waals surface area contributed by atoms with Crippen LogP contribution in [-0.4, -0.2) is 15.0 Å². The molecular weight excluding hydrogens is 771 g/mol. The van der Waals surface area contributed by atoms with E-state index in [0.29, 0.717) is 17.5 Å². The Kier molecular flexibility index (Phi) is 8.58. The van der Waals surface area contributed by atoms with E-state index in [0.717, 1.165) is 33.4 Å². The third kappa shape index (κ3) is 5.76. The fraction of sp³-hybridized carbons (Fsp3) is 0.0172. The van der Waals surface area contributed by atoms with E-state index in [2.05, 4.69) is 218 Å². The second-order valence-corrected chi connectivity index (χ2v) is 16.9. The van der Waals surface area contributed by atoms with Gasteiger partial charge in [0.1, 0.15) is 0 Å². The molecule has 3 nitrogen and oxygen atoms in total. The van der Waals surface area contributed by atoms with Gasteiger partial charge in [0, 0.05) is 36.9 Å². The zero-order valence-electron chi connectivity index (χ0n) is 33.6. The Morgan fingerprint density at radius 3 is 1.60 bits per heavy atom. The minimum absolute atomic E-state index is 0.544. The molecule has 11 aromatic rings. The van der Waals surface area contributed by atoms with E-state index in [4.69, 9.17) is 15.0 Å². The minimum Gasteiger partial charge on any atom is -0.208 e. The molecule has 0 atom stereocenters.